The van der Waals surface area contributed by atoms with Gasteiger partial charge in [0.2, 0.25) is 0 Å². The molecule has 8 aromatic carbocycles. The smallest absolute Gasteiger partial charge is 0.302 e. The van der Waals surface area contributed by atoms with Gasteiger partial charge in [-0.05, 0) is 115 Å². The van der Waals surface area contributed by atoms with E-state index in [1.165, 1.54) is 51.4 Å². The van der Waals surface area contributed by atoms with Crippen LogP contribution in [0.4, 0.5) is 0 Å². The van der Waals surface area contributed by atoms with Gasteiger partial charge in [0.1, 0.15) is 56.0 Å². The molecule has 0 radical (unpaired) electrons. The lowest BCUT2D eigenvalue weighted by molar-refractivity contribution is -0.141. The van der Waals surface area contributed by atoms with Crippen LogP contribution in [-0.2, 0) is 25.1 Å². The summed E-state index contributed by atoms with van der Waals surface area (Å²) in [5.74, 6) is 2.69. The van der Waals surface area contributed by atoms with Crippen molar-refractivity contribution in [2.45, 2.75) is 17.8 Å². The highest BCUT2D eigenvalue weighted by atomic mass is 16.6. The normalized spacial score (nSPS) is 13.1. The summed E-state index contributed by atoms with van der Waals surface area (Å²) in [5, 5.41) is 18.2. The van der Waals surface area contributed by atoms with Crippen molar-refractivity contribution in [1.82, 2.24) is 0 Å². The summed E-state index contributed by atoms with van der Waals surface area (Å²) in [6.45, 7) is 3.48. The molecule has 0 saturated heterocycles. The minimum atomic E-state index is -0.492. The molecular formula is C61H56O9. The first-order valence-corrected chi connectivity index (χ1v) is 23.6. The summed E-state index contributed by atoms with van der Waals surface area (Å²) in [6.07, 6.45) is 0. The highest BCUT2D eigenvalue weighted by molar-refractivity contribution is 5.87. The van der Waals surface area contributed by atoms with Crippen molar-refractivity contribution >= 4 is 5.97 Å². The summed E-state index contributed by atoms with van der Waals surface area (Å²) in [4.78, 5) is 11.0. The van der Waals surface area contributed by atoms with Gasteiger partial charge in [-0.3, -0.25) is 4.79 Å². The zero-order valence-electron chi connectivity index (χ0n) is 39.4. The molecule has 2 N–H and O–H groups in total. The second-order valence-corrected chi connectivity index (χ2v) is 17.0. The van der Waals surface area contributed by atoms with Crippen molar-refractivity contribution in [2.75, 3.05) is 60.0 Å². The highest BCUT2D eigenvalue weighted by Crippen LogP contribution is 2.57. The monoisotopic (exact) mass is 932 g/mol. The number of carbonyl (C=O) groups excluding carboxylic acids is 1. The zero-order valence-corrected chi connectivity index (χ0v) is 39.4. The Morgan fingerprint density at radius 3 is 0.914 bits per heavy atom. The van der Waals surface area contributed by atoms with Crippen LogP contribution < -0.4 is 18.9 Å². The van der Waals surface area contributed by atoms with Crippen LogP contribution >= 0.6 is 0 Å². The average Bonchev–Trinajstić information content (AvgIpc) is 3.88. The van der Waals surface area contributed by atoms with Crippen molar-refractivity contribution in [1.29, 1.82) is 0 Å². The molecule has 8 aromatic rings. The van der Waals surface area contributed by atoms with E-state index in [0.29, 0.717) is 19.8 Å². The van der Waals surface area contributed by atoms with Gasteiger partial charge in [-0.1, -0.05) is 146 Å². The number of carbonyl (C=O) groups is 1. The van der Waals surface area contributed by atoms with Gasteiger partial charge in [-0.2, -0.15) is 0 Å². The Bertz CT molecular complexity index is 2860. The molecule has 354 valence electrons. The van der Waals surface area contributed by atoms with Crippen LogP contribution in [0.2, 0.25) is 0 Å². The summed E-state index contributed by atoms with van der Waals surface area (Å²) in [7, 11) is 1.67. The SMILES string of the molecule is COCCOc1ccc(C2(c3ccc(OCCOC(C)=O)cc3)c3ccccc3-c3ccccc32)cc1.OCCOc1ccc(C2(c3ccc(OCCO)cc3)c3ccccc3-c3ccccc32)cc1. The third-order valence-electron chi connectivity index (χ3n) is 13.0. The molecule has 0 heterocycles. The lowest BCUT2D eigenvalue weighted by Crippen LogP contribution is -2.28. The molecule has 0 saturated carbocycles. The van der Waals surface area contributed by atoms with Gasteiger partial charge >= 0.3 is 5.97 Å². The molecule has 0 amide bonds. The second kappa shape index (κ2) is 21.7. The van der Waals surface area contributed by atoms with E-state index in [4.69, 9.17) is 38.6 Å². The second-order valence-electron chi connectivity index (χ2n) is 17.0. The number of methoxy groups -OCH3 is 1. The van der Waals surface area contributed by atoms with Crippen LogP contribution in [0, 0.1) is 0 Å². The van der Waals surface area contributed by atoms with Crippen LogP contribution in [-0.4, -0.2) is 76.1 Å². The summed E-state index contributed by atoms with van der Waals surface area (Å²) in [6, 6.07) is 67.3. The molecule has 0 spiro atoms. The van der Waals surface area contributed by atoms with Crippen LogP contribution in [0.25, 0.3) is 22.3 Å². The van der Waals surface area contributed by atoms with Gasteiger partial charge in [-0.25, -0.2) is 0 Å². The Labute approximate surface area is 409 Å². The van der Waals surface area contributed by atoms with E-state index in [0.717, 1.165) is 45.3 Å². The molecule has 9 heteroatoms. The number of aliphatic hydroxyl groups excluding tert-OH is 2. The molecule has 0 fully saturated rings. The maximum atomic E-state index is 11.0. The van der Waals surface area contributed by atoms with Crippen LogP contribution in [0.3, 0.4) is 0 Å². The maximum Gasteiger partial charge on any atom is 0.302 e. The number of hydrogen-bond donors (Lipinski definition) is 2. The van der Waals surface area contributed by atoms with E-state index in [-0.39, 0.29) is 39.0 Å². The molecule has 9 nitrogen and oxygen atoms in total. The Kier molecular flexibility index (Phi) is 14.7. The molecule has 0 bridgehead atoms. The molecule has 10 rings (SSSR count). The minimum Gasteiger partial charge on any atom is -0.491 e. The van der Waals surface area contributed by atoms with Crippen molar-refractivity contribution in [3.05, 3.63) is 239 Å². The molecule has 0 unspecified atom stereocenters. The number of rotatable bonds is 18. The fourth-order valence-electron chi connectivity index (χ4n) is 10.2. The maximum absolute atomic E-state index is 11.0. The van der Waals surface area contributed by atoms with E-state index in [9.17, 15) is 4.79 Å². The largest absolute Gasteiger partial charge is 0.491 e. The molecular weight excluding hydrogens is 877 g/mol. The Hall–Kier alpha value is -7.69. The molecule has 2 aliphatic rings. The first kappa shape index (κ1) is 47.4. The van der Waals surface area contributed by atoms with Gasteiger partial charge in [0, 0.05) is 14.0 Å². The third-order valence-corrected chi connectivity index (χ3v) is 13.0. The van der Waals surface area contributed by atoms with Gasteiger partial charge in [0.15, 0.2) is 0 Å². The summed E-state index contributed by atoms with van der Waals surface area (Å²) < 4.78 is 33.0. The molecule has 0 aliphatic heterocycles. The molecule has 0 aromatic heterocycles. The number of ether oxygens (including phenoxy) is 6. The zero-order chi connectivity index (χ0) is 48.3. The van der Waals surface area contributed by atoms with E-state index < -0.39 is 10.8 Å². The lowest BCUT2D eigenvalue weighted by Gasteiger charge is -2.34. The fraction of sp³-hybridized carbons (Fsp3) is 0.197. The standard InChI is InChI=1S/C32H30O5.C29H26O4/c1-23(33)35-21-22-37-27-17-13-25(14-18-27)32(24-11-15-26(16-12-24)36-20-19-34-2)30-9-5-3-7-28(30)29-8-4-6-10-31(29)32;30-17-19-32-23-13-9-21(10-14-23)29(22-11-15-24(16-12-22)33-20-18-31)27-7-3-1-5-25(27)26-6-2-4-8-28(26)29/h3-18H,19-22H2,1-2H3;1-16,30-31H,17-20H2. The fourth-order valence-corrected chi connectivity index (χ4v) is 10.2. The van der Waals surface area contributed by atoms with E-state index in [1.807, 2.05) is 48.5 Å². The highest BCUT2D eigenvalue weighted by Gasteiger charge is 2.47. The van der Waals surface area contributed by atoms with Gasteiger partial charge in [0.25, 0.3) is 0 Å². The number of fused-ring (bicyclic) bond motifs is 6. The Morgan fingerprint density at radius 2 is 0.643 bits per heavy atom. The van der Waals surface area contributed by atoms with Gasteiger partial charge in [0.05, 0.1) is 30.7 Å². The van der Waals surface area contributed by atoms with E-state index in [1.54, 1.807) is 7.11 Å². The predicted molar refractivity (Wildman–Crippen MR) is 272 cm³/mol. The molecule has 0 atom stereocenters. The van der Waals surface area contributed by atoms with E-state index in [2.05, 4.69) is 146 Å². The lowest BCUT2D eigenvalue weighted by atomic mass is 9.68. The summed E-state index contributed by atoms with van der Waals surface area (Å²) >= 11 is 0. The van der Waals surface area contributed by atoms with Gasteiger partial charge < -0.3 is 38.6 Å². The van der Waals surface area contributed by atoms with E-state index >= 15 is 0 Å². The van der Waals surface area contributed by atoms with Crippen LogP contribution in [0.15, 0.2) is 194 Å². The number of hydrogen-bond acceptors (Lipinski definition) is 9. The third kappa shape index (κ3) is 9.15. The summed E-state index contributed by atoms with van der Waals surface area (Å²) in [5.41, 5.74) is 13.5. The first-order valence-electron chi connectivity index (χ1n) is 23.6. The van der Waals surface area contributed by atoms with Crippen molar-refractivity contribution < 1.29 is 43.4 Å². The van der Waals surface area contributed by atoms with Crippen LogP contribution in [0.5, 0.6) is 23.0 Å². The number of benzene rings is 8. The quantitative estimate of drug-likeness (QED) is 0.0641. The Morgan fingerprint density at radius 1 is 0.371 bits per heavy atom. The molecule has 70 heavy (non-hydrogen) atoms. The minimum absolute atomic E-state index is 0.0167. The van der Waals surface area contributed by atoms with Crippen molar-refractivity contribution in [2.24, 2.45) is 0 Å². The van der Waals surface area contributed by atoms with Crippen molar-refractivity contribution in [3.63, 3.8) is 0 Å². The first-order chi connectivity index (χ1) is 34.4. The topological polar surface area (TPSA) is 113 Å². The number of esters is 1. The number of aliphatic hydroxyl groups is 2. The van der Waals surface area contributed by atoms with Crippen molar-refractivity contribution in [3.8, 4) is 45.3 Å². The van der Waals surface area contributed by atoms with Crippen LogP contribution in [0.1, 0.15) is 51.4 Å². The molecule has 2 aliphatic carbocycles. The average molecular weight is 933 g/mol. The Balaban J connectivity index is 0.000000175. The van der Waals surface area contributed by atoms with Gasteiger partial charge in [-0.15, -0.1) is 0 Å². The predicted octanol–water partition coefficient (Wildman–Crippen LogP) is 10.8.